The van der Waals surface area contributed by atoms with Crippen molar-refractivity contribution in [1.29, 1.82) is 0 Å². The summed E-state index contributed by atoms with van der Waals surface area (Å²) < 4.78 is 7.31. The first-order valence-corrected chi connectivity index (χ1v) is 4.84. The number of aryl methyl sites for hydroxylation is 1. The van der Waals surface area contributed by atoms with Gasteiger partial charge in [-0.15, -0.1) is 0 Å². The number of hydrogen-bond donors (Lipinski definition) is 1. The number of methoxy groups -OCH3 is 1. The highest BCUT2D eigenvalue weighted by Gasteiger charge is 2.28. The maximum absolute atomic E-state index is 5.22. The van der Waals surface area contributed by atoms with Crippen LogP contribution in [0, 0.1) is 0 Å². The van der Waals surface area contributed by atoms with Crippen molar-refractivity contribution in [3.63, 3.8) is 0 Å². The fourth-order valence-corrected chi connectivity index (χ4v) is 1.90. The first kappa shape index (κ1) is 8.76. The van der Waals surface area contributed by atoms with Crippen LogP contribution in [0.4, 0.5) is 0 Å². The lowest BCUT2D eigenvalue weighted by Gasteiger charge is -2.00. The van der Waals surface area contributed by atoms with Gasteiger partial charge in [0.15, 0.2) is 6.23 Å². The predicted octanol–water partition coefficient (Wildman–Crippen LogP) is 1.72. The number of hydrogen-bond acceptors (Lipinski definition) is 3. The molecule has 1 saturated heterocycles. The molecule has 3 rings (SSSR count). The molecule has 78 valence electrons. The number of fused-ring (bicyclic) bond motifs is 1. The molecular formula is C11H12N2O2. The van der Waals surface area contributed by atoms with E-state index in [4.69, 9.17) is 9.57 Å². The number of rotatable bonds is 2. The fourth-order valence-electron chi connectivity index (χ4n) is 1.90. The van der Waals surface area contributed by atoms with Gasteiger partial charge in [0.25, 0.3) is 0 Å². The van der Waals surface area contributed by atoms with E-state index >= 15 is 0 Å². The van der Waals surface area contributed by atoms with Gasteiger partial charge in [-0.05, 0) is 18.2 Å². The molecule has 1 N–H and O–H groups in total. The summed E-state index contributed by atoms with van der Waals surface area (Å²) in [7, 11) is 3.70. The van der Waals surface area contributed by atoms with Gasteiger partial charge in [0.2, 0.25) is 0 Å². The Morgan fingerprint density at radius 3 is 2.93 bits per heavy atom. The molecule has 15 heavy (non-hydrogen) atoms. The third-order valence-electron chi connectivity index (χ3n) is 2.75. The second-order valence-corrected chi connectivity index (χ2v) is 3.69. The number of nitrogens with one attached hydrogen (secondary N) is 1. The van der Waals surface area contributed by atoms with Crippen molar-refractivity contribution in [3.8, 4) is 5.75 Å². The first-order chi connectivity index (χ1) is 7.29. The fraction of sp³-hybridized carbons (Fsp3) is 0.273. The molecule has 4 nitrogen and oxygen atoms in total. The SMILES string of the molecule is COc1ccc2c(c1)c(C1NO1)cn2C. The summed E-state index contributed by atoms with van der Waals surface area (Å²) in [5, 5.41) is 1.17. The summed E-state index contributed by atoms with van der Waals surface area (Å²) in [5.74, 6) is 0.871. The monoisotopic (exact) mass is 204 g/mol. The highest BCUT2D eigenvalue weighted by Crippen LogP contribution is 2.33. The van der Waals surface area contributed by atoms with Gasteiger partial charge >= 0.3 is 0 Å². The average molecular weight is 204 g/mol. The van der Waals surface area contributed by atoms with E-state index in [9.17, 15) is 0 Å². The number of aromatic nitrogens is 1. The number of benzene rings is 1. The molecule has 2 heterocycles. The minimum absolute atomic E-state index is 0.0424. The van der Waals surface area contributed by atoms with E-state index in [1.54, 1.807) is 7.11 Å². The Hall–Kier alpha value is -1.52. The Morgan fingerprint density at radius 2 is 2.27 bits per heavy atom. The molecule has 1 fully saturated rings. The minimum atomic E-state index is 0.0424. The predicted molar refractivity (Wildman–Crippen MR) is 56.4 cm³/mol. The standard InChI is InChI=1S/C11H12N2O2/c1-13-6-9(11-12-15-11)8-5-7(14-2)3-4-10(8)13/h3-6,11-12H,1-2H3. The highest BCUT2D eigenvalue weighted by molar-refractivity contribution is 5.85. The van der Waals surface area contributed by atoms with E-state index in [0.717, 1.165) is 11.3 Å². The molecule has 1 aromatic carbocycles. The van der Waals surface area contributed by atoms with Crippen molar-refractivity contribution < 1.29 is 9.57 Å². The van der Waals surface area contributed by atoms with Crippen LogP contribution in [-0.4, -0.2) is 11.7 Å². The Morgan fingerprint density at radius 1 is 1.47 bits per heavy atom. The largest absolute Gasteiger partial charge is 0.497 e. The number of nitrogens with zero attached hydrogens (tertiary/aromatic N) is 1. The Kier molecular flexibility index (Phi) is 1.74. The van der Waals surface area contributed by atoms with Gasteiger partial charge in [-0.2, -0.15) is 5.48 Å². The van der Waals surface area contributed by atoms with Crippen LogP contribution in [0.25, 0.3) is 10.9 Å². The van der Waals surface area contributed by atoms with Gasteiger partial charge < -0.3 is 9.30 Å². The van der Waals surface area contributed by atoms with Crippen LogP contribution < -0.4 is 10.2 Å². The summed E-state index contributed by atoms with van der Waals surface area (Å²) >= 11 is 0. The van der Waals surface area contributed by atoms with Crippen molar-refractivity contribution >= 4 is 10.9 Å². The minimum Gasteiger partial charge on any atom is -0.497 e. The van der Waals surface area contributed by atoms with Gasteiger partial charge in [0, 0.05) is 29.7 Å². The lowest BCUT2D eigenvalue weighted by molar-refractivity contribution is 0.375. The van der Waals surface area contributed by atoms with E-state index in [2.05, 4.69) is 22.3 Å². The van der Waals surface area contributed by atoms with Crippen LogP contribution in [0.2, 0.25) is 0 Å². The Bertz CT molecular complexity index is 515. The second kappa shape index (κ2) is 2.98. The molecule has 0 amide bonds. The summed E-state index contributed by atoms with van der Waals surface area (Å²) in [6.07, 6.45) is 2.12. The molecule has 1 aliphatic rings. The van der Waals surface area contributed by atoms with Crippen molar-refractivity contribution in [1.82, 2.24) is 10.0 Å². The summed E-state index contributed by atoms with van der Waals surface area (Å²) in [6, 6.07) is 6.06. The van der Waals surface area contributed by atoms with Crippen molar-refractivity contribution in [2.24, 2.45) is 7.05 Å². The lowest BCUT2D eigenvalue weighted by atomic mass is 10.1. The Labute approximate surface area is 87.4 Å². The molecule has 1 aliphatic heterocycles. The van der Waals surface area contributed by atoms with Crippen LogP contribution in [0.5, 0.6) is 5.75 Å². The molecule has 0 saturated carbocycles. The molecule has 0 bridgehead atoms. The third kappa shape index (κ3) is 1.30. The lowest BCUT2D eigenvalue weighted by Crippen LogP contribution is -1.85. The molecule has 0 radical (unpaired) electrons. The molecule has 2 aromatic rings. The first-order valence-electron chi connectivity index (χ1n) is 4.84. The quantitative estimate of drug-likeness (QED) is 0.758. The van der Waals surface area contributed by atoms with Gasteiger partial charge in [0.05, 0.1) is 7.11 Å². The smallest absolute Gasteiger partial charge is 0.178 e. The molecule has 0 spiro atoms. The number of hydroxylamine groups is 1. The molecule has 4 heteroatoms. The Balaban J connectivity index is 2.26. The van der Waals surface area contributed by atoms with Crippen LogP contribution in [0.15, 0.2) is 24.4 Å². The summed E-state index contributed by atoms with van der Waals surface area (Å²) in [6.45, 7) is 0. The zero-order chi connectivity index (χ0) is 10.4. The average Bonchev–Trinajstić information content (AvgIpc) is 3.04. The molecular weight excluding hydrogens is 192 g/mol. The van der Waals surface area contributed by atoms with E-state index in [-0.39, 0.29) is 6.23 Å². The molecule has 0 aliphatic carbocycles. The second-order valence-electron chi connectivity index (χ2n) is 3.69. The normalized spacial score (nSPS) is 19.5. The van der Waals surface area contributed by atoms with Gasteiger partial charge in [0.1, 0.15) is 5.75 Å². The molecule has 1 aromatic heterocycles. The van der Waals surface area contributed by atoms with Gasteiger partial charge in [-0.25, -0.2) is 0 Å². The van der Waals surface area contributed by atoms with E-state index in [1.807, 2.05) is 19.2 Å². The number of ether oxygens (including phenoxy) is 1. The summed E-state index contributed by atoms with van der Waals surface area (Å²) in [4.78, 5) is 5.09. The maximum atomic E-state index is 5.22. The maximum Gasteiger partial charge on any atom is 0.178 e. The van der Waals surface area contributed by atoms with Crippen LogP contribution in [-0.2, 0) is 11.9 Å². The van der Waals surface area contributed by atoms with Crippen LogP contribution in [0.3, 0.4) is 0 Å². The van der Waals surface area contributed by atoms with E-state index in [0.29, 0.717) is 0 Å². The highest BCUT2D eigenvalue weighted by atomic mass is 16.8. The third-order valence-corrected chi connectivity index (χ3v) is 2.75. The molecule has 1 unspecified atom stereocenters. The van der Waals surface area contributed by atoms with Crippen LogP contribution in [0.1, 0.15) is 11.8 Å². The molecule has 1 atom stereocenters. The van der Waals surface area contributed by atoms with E-state index < -0.39 is 0 Å². The van der Waals surface area contributed by atoms with Crippen molar-refractivity contribution in [2.75, 3.05) is 7.11 Å². The topological polar surface area (TPSA) is 48.6 Å². The zero-order valence-corrected chi connectivity index (χ0v) is 8.65. The summed E-state index contributed by atoms with van der Waals surface area (Å²) in [5.41, 5.74) is 5.18. The van der Waals surface area contributed by atoms with Crippen LogP contribution >= 0.6 is 0 Å². The van der Waals surface area contributed by atoms with Crippen molar-refractivity contribution in [2.45, 2.75) is 6.23 Å². The van der Waals surface area contributed by atoms with Gasteiger partial charge in [-0.1, -0.05) is 0 Å². The zero-order valence-electron chi connectivity index (χ0n) is 8.65. The van der Waals surface area contributed by atoms with Crippen molar-refractivity contribution in [3.05, 3.63) is 30.0 Å². The van der Waals surface area contributed by atoms with Gasteiger partial charge in [-0.3, -0.25) is 4.84 Å². The van der Waals surface area contributed by atoms with E-state index in [1.165, 1.54) is 10.9 Å².